The van der Waals surface area contributed by atoms with Gasteiger partial charge in [-0.15, -0.1) is 0 Å². The van der Waals surface area contributed by atoms with E-state index in [0.717, 1.165) is 11.1 Å². The number of hydrogen-bond donors (Lipinski definition) is 2. The van der Waals surface area contributed by atoms with Crippen molar-refractivity contribution >= 4 is 35.1 Å². The first-order valence-electron chi connectivity index (χ1n) is 11.6. The molecule has 5 nitrogen and oxygen atoms in total. The highest BCUT2D eigenvalue weighted by Gasteiger charge is 2.52. The van der Waals surface area contributed by atoms with Gasteiger partial charge in [0.2, 0.25) is 5.91 Å². The molecule has 1 amide bonds. The van der Waals surface area contributed by atoms with Gasteiger partial charge in [-0.25, -0.2) is 0 Å². The number of carbonyl (C=O) groups is 2. The van der Waals surface area contributed by atoms with Gasteiger partial charge in [-0.1, -0.05) is 61.3 Å². The Labute approximate surface area is 211 Å². The van der Waals surface area contributed by atoms with Crippen molar-refractivity contribution in [1.82, 2.24) is 4.90 Å². The highest BCUT2D eigenvalue weighted by atomic mass is 35.5. The number of benzene rings is 2. The lowest BCUT2D eigenvalue weighted by molar-refractivity contribution is -0.162. The van der Waals surface area contributed by atoms with Crippen LogP contribution in [0.3, 0.4) is 0 Å². The number of nitrogens with zero attached hydrogens (tertiary/aromatic N) is 1. The van der Waals surface area contributed by atoms with E-state index >= 15 is 0 Å². The number of carboxylic acid groups (broad SMARTS) is 1. The van der Waals surface area contributed by atoms with Crippen molar-refractivity contribution in [3.8, 4) is 0 Å². The van der Waals surface area contributed by atoms with E-state index in [0.29, 0.717) is 29.3 Å². The zero-order valence-corrected chi connectivity index (χ0v) is 21.6. The predicted octanol–water partition coefficient (Wildman–Crippen LogP) is 6.47. The molecule has 1 fully saturated rings. The smallest absolute Gasteiger partial charge is 0.304 e. The van der Waals surface area contributed by atoms with E-state index in [2.05, 4.69) is 0 Å². The molecule has 1 aliphatic rings. The van der Waals surface area contributed by atoms with Crippen molar-refractivity contribution in [3.63, 3.8) is 0 Å². The maximum Gasteiger partial charge on any atom is 0.304 e. The third-order valence-corrected chi connectivity index (χ3v) is 7.22. The molecule has 0 aromatic heterocycles. The van der Waals surface area contributed by atoms with Crippen LogP contribution >= 0.6 is 23.2 Å². The molecule has 4 atom stereocenters. The van der Waals surface area contributed by atoms with Crippen LogP contribution in [0.2, 0.25) is 10.0 Å². The molecule has 0 bridgehead atoms. The Morgan fingerprint density at radius 1 is 1.15 bits per heavy atom. The zero-order chi connectivity index (χ0) is 25.3. The second-order valence-electron chi connectivity index (χ2n) is 10.3. The number of aliphatic carboxylic acids is 1. The number of carbonyl (C=O) groups excluding carboxylic acids is 1. The summed E-state index contributed by atoms with van der Waals surface area (Å²) in [6.07, 6.45) is 1.07. The van der Waals surface area contributed by atoms with Gasteiger partial charge in [0, 0.05) is 22.0 Å². The second-order valence-corrected chi connectivity index (χ2v) is 11.2. The molecule has 1 heterocycles. The Balaban J connectivity index is 2.24. The van der Waals surface area contributed by atoms with E-state index < -0.39 is 17.0 Å². The van der Waals surface area contributed by atoms with E-state index in [1.54, 1.807) is 39.0 Å². The molecule has 2 unspecified atom stereocenters. The Morgan fingerprint density at radius 2 is 1.79 bits per heavy atom. The minimum atomic E-state index is -1.10. The van der Waals surface area contributed by atoms with Gasteiger partial charge in [-0.2, -0.15) is 0 Å². The first-order chi connectivity index (χ1) is 15.8. The van der Waals surface area contributed by atoms with Gasteiger partial charge >= 0.3 is 5.97 Å². The number of piperidine rings is 1. The van der Waals surface area contributed by atoms with Gasteiger partial charge in [0.15, 0.2) is 0 Å². The summed E-state index contributed by atoms with van der Waals surface area (Å²) < 4.78 is 0. The van der Waals surface area contributed by atoms with E-state index in [1.807, 2.05) is 42.2 Å². The van der Waals surface area contributed by atoms with E-state index in [1.165, 1.54) is 0 Å². The molecule has 3 rings (SSSR count). The molecule has 1 aliphatic heterocycles. The quantitative estimate of drug-likeness (QED) is 0.430. The largest absolute Gasteiger partial charge is 0.481 e. The third-order valence-electron chi connectivity index (χ3n) is 6.73. The summed E-state index contributed by atoms with van der Waals surface area (Å²) in [5.74, 6) is -1.41. The monoisotopic (exact) mass is 505 g/mol. The van der Waals surface area contributed by atoms with Crippen molar-refractivity contribution < 1.29 is 19.8 Å². The molecule has 7 heteroatoms. The van der Waals surface area contributed by atoms with Crippen LogP contribution in [0.25, 0.3) is 0 Å². The number of halogens is 2. The fraction of sp³-hybridized carbons (Fsp3) is 0.481. The van der Waals surface area contributed by atoms with Crippen LogP contribution in [-0.2, 0) is 9.59 Å². The van der Waals surface area contributed by atoms with Crippen LogP contribution in [0.5, 0.6) is 0 Å². The fourth-order valence-corrected chi connectivity index (χ4v) is 5.62. The molecular weight excluding hydrogens is 473 g/mol. The second kappa shape index (κ2) is 10.3. The van der Waals surface area contributed by atoms with Crippen LogP contribution in [0.4, 0.5) is 0 Å². The summed E-state index contributed by atoms with van der Waals surface area (Å²) in [5.41, 5.74) is -0.249. The summed E-state index contributed by atoms with van der Waals surface area (Å²) in [4.78, 5) is 27.8. The number of likely N-dealkylation sites (tertiary alicyclic amines) is 1. The Kier molecular flexibility index (Phi) is 8.01. The Bertz CT molecular complexity index is 1030. The Hall–Kier alpha value is -2.08. The first-order valence-corrected chi connectivity index (χ1v) is 12.4. The van der Waals surface area contributed by atoms with Crippen LogP contribution in [-0.4, -0.2) is 38.6 Å². The topological polar surface area (TPSA) is 77.8 Å². The fourth-order valence-electron chi connectivity index (χ4n) is 5.30. The van der Waals surface area contributed by atoms with E-state index in [-0.39, 0.29) is 30.3 Å². The van der Waals surface area contributed by atoms with Crippen LogP contribution in [0.1, 0.15) is 76.5 Å². The minimum absolute atomic E-state index is 0.196. The predicted molar refractivity (Wildman–Crippen MR) is 135 cm³/mol. The normalized spacial score (nSPS) is 24.2. The highest BCUT2D eigenvalue weighted by Crippen LogP contribution is 2.52. The SMILES string of the molecule is CC[C@@H](CC(C)(C)O)N1C(=O)[C@@](C)(CC(=O)O)CC(c2cccc(Cl)c2)C1c1ccc(Cl)cc1. The third kappa shape index (κ3) is 5.94. The molecule has 2 N–H and O–H groups in total. The van der Waals surface area contributed by atoms with Crippen LogP contribution < -0.4 is 0 Å². The summed E-state index contributed by atoms with van der Waals surface area (Å²) in [6.45, 7) is 7.18. The standard InChI is InChI=1S/C27H33Cl2NO4/c1-5-21(14-26(2,3)34)30-24(17-9-11-19(28)12-10-17)22(18-7-6-8-20(29)13-18)15-27(4,25(30)33)16-23(31)32/h6-13,21-22,24,34H,5,14-16H2,1-4H3,(H,31,32)/t21-,22?,24?,27+/m0/s1. The number of aliphatic hydroxyl groups is 1. The van der Waals surface area contributed by atoms with E-state index in [9.17, 15) is 19.8 Å². The number of hydrogen-bond acceptors (Lipinski definition) is 3. The zero-order valence-electron chi connectivity index (χ0n) is 20.1. The van der Waals surface area contributed by atoms with Crippen molar-refractivity contribution in [2.75, 3.05) is 0 Å². The van der Waals surface area contributed by atoms with Gasteiger partial charge < -0.3 is 15.1 Å². The average Bonchev–Trinajstić information content (AvgIpc) is 2.73. The lowest BCUT2D eigenvalue weighted by Crippen LogP contribution is -2.57. The molecular formula is C27H33Cl2NO4. The Morgan fingerprint density at radius 3 is 2.32 bits per heavy atom. The summed E-state index contributed by atoms with van der Waals surface area (Å²) in [7, 11) is 0. The summed E-state index contributed by atoms with van der Waals surface area (Å²) in [5, 5.41) is 21.5. The average molecular weight is 506 g/mol. The van der Waals surface area contributed by atoms with Gasteiger partial charge in [0.1, 0.15) is 0 Å². The lowest BCUT2D eigenvalue weighted by Gasteiger charge is -2.52. The van der Waals surface area contributed by atoms with Gasteiger partial charge in [-0.3, -0.25) is 9.59 Å². The van der Waals surface area contributed by atoms with Gasteiger partial charge in [-0.05, 0) is 68.5 Å². The van der Waals surface area contributed by atoms with E-state index in [4.69, 9.17) is 23.2 Å². The van der Waals surface area contributed by atoms with Gasteiger partial charge in [0.25, 0.3) is 0 Å². The molecule has 34 heavy (non-hydrogen) atoms. The molecule has 184 valence electrons. The van der Waals surface area contributed by atoms with Crippen molar-refractivity contribution in [1.29, 1.82) is 0 Å². The molecule has 1 saturated heterocycles. The maximum atomic E-state index is 14.1. The van der Waals surface area contributed by atoms with Crippen molar-refractivity contribution in [2.45, 2.75) is 77.0 Å². The molecule has 0 aliphatic carbocycles. The van der Waals surface area contributed by atoms with Crippen LogP contribution in [0.15, 0.2) is 48.5 Å². The number of carboxylic acids is 1. The molecule has 0 saturated carbocycles. The summed E-state index contributed by atoms with van der Waals surface area (Å²) in [6, 6.07) is 14.3. The lowest BCUT2D eigenvalue weighted by atomic mass is 9.66. The molecule has 0 spiro atoms. The number of amides is 1. The number of rotatable bonds is 8. The molecule has 2 aromatic carbocycles. The van der Waals surface area contributed by atoms with Crippen molar-refractivity contribution in [3.05, 3.63) is 69.7 Å². The highest BCUT2D eigenvalue weighted by molar-refractivity contribution is 6.30. The minimum Gasteiger partial charge on any atom is -0.481 e. The summed E-state index contributed by atoms with van der Waals surface area (Å²) >= 11 is 12.5. The van der Waals surface area contributed by atoms with Gasteiger partial charge in [0.05, 0.1) is 23.5 Å². The maximum absolute atomic E-state index is 14.1. The van der Waals surface area contributed by atoms with Crippen LogP contribution in [0, 0.1) is 5.41 Å². The molecule has 0 radical (unpaired) electrons. The molecule has 2 aromatic rings. The van der Waals surface area contributed by atoms with Crippen molar-refractivity contribution in [2.24, 2.45) is 5.41 Å². The first kappa shape index (κ1) is 26.5.